The number of carbonyl (C=O) groups is 2. The minimum Gasteiger partial charge on any atom is -0.267 e. The zero-order valence-electron chi connectivity index (χ0n) is 10.2. The molecule has 0 aliphatic carbocycles. The van der Waals surface area contributed by atoms with E-state index in [1.807, 2.05) is 12.1 Å². The monoisotopic (exact) mass is 400 g/mol. The quantitative estimate of drug-likeness (QED) is 0.601. The van der Waals surface area contributed by atoms with E-state index in [0.717, 1.165) is 3.57 Å². The van der Waals surface area contributed by atoms with E-state index in [1.165, 1.54) is 0 Å². The molecule has 0 fully saturated rings. The fraction of sp³-hybridized carbons (Fsp3) is 0. The van der Waals surface area contributed by atoms with Crippen molar-refractivity contribution >= 4 is 46.0 Å². The second-order valence-electron chi connectivity index (χ2n) is 3.92. The summed E-state index contributed by atoms with van der Waals surface area (Å²) >= 11 is 7.88. The van der Waals surface area contributed by atoms with Crippen molar-refractivity contribution in [2.75, 3.05) is 0 Å². The molecule has 0 aliphatic heterocycles. The zero-order valence-corrected chi connectivity index (χ0v) is 13.1. The Labute approximate surface area is 134 Å². The molecule has 0 unspecified atom stereocenters. The third kappa shape index (κ3) is 3.94. The van der Waals surface area contributed by atoms with Gasteiger partial charge in [0.2, 0.25) is 0 Å². The predicted octanol–water partition coefficient (Wildman–Crippen LogP) is 3.02. The van der Waals surface area contributed by atoms with Crippen LogP contribution in [0.5, 0.6) is 0 Å². The molecule has 102 valence electrons. The molecule has 0 aliphatic rings. The van der Waals surface area contributed by atoms with E-state index in [2.05, 4.69) is 33.4 Å². The van der Waals surface area contributed by atoms with Crippen LogP contribution < -0.4 is 10.9 Å². The topological polar surface area (TPSA) is 58.2 Å². The van der Waals surface area contributed by atoms with Crippen LogP contribution in [0.2, 0.25) is 5.02 Å². The van der Waals surface area contributed by atoms with Gasteiger partial charge in [-0.3, -0.25) is 20.4 Å². The van der Waals surface area contributed by atoms with Crippen LogP contribution in [0.3, 0.4) is 0 Å². The molecule has 0 atom stereocenters. The molecule has 6 heteroatoms. The van der Waals surface area contributed by atoms with Gasteiger partial charge in [-0.25, -0.2) is 0 Å². The summed E-state index contributed by atoms with van der Waals surface area (Å²) in [7, 11) is 0. The number of nitrogens with one attached hydrogen (secondary N) is 2. The van der Waals surface area contributed by atoms with Gasteiger partial charge in [-0.05, 0) is 71.1 Å². The van der Waals surface area contributed by atoms with E-state index in [9.17, 15) is 9.59 Å². The Kier molecular flexibility index (Phi) is 4.97. The molecule has 0 saturated heterocycles. The fourth-order valence-electron chi connectivity index (χ4n) is 1.46. The Hall–Kier alpha value is -1.60. The Morgan fingerprint density at radius 1 is 0.800 bits per heavy atom. The number of benzene rings is 2. The van der Waals surface area contributed by atoms with E-state index in [1.54, 1.807) is 36.4 Å². The maximum absolute atomic E-state index is 11.8. The van der Waals surface area contributed by atoms with Gasteiger partial charge in [0.25, 0.3) is 11.8 Å². The molecule has 0 spiro atoms. The molecule has 0 bridgehead atoms. The maximum Gasteiger partial charge on any atom is 0.269 e. The highest BCUT2D eigenvalue weighted by molar-refractivity contribution is 14.1. The number of carbonyl (C=O) groups excluding carboxylic acids is 2. The molecular formula is C14H10ClIN2O2. The lowest BCUT2D eigenvalue weighted by atomic mass is 10.2. The molecular weight excluding hydrogens is 391 g/mol. The van der Waals surface area contributed by atoms with Gasteiger partial charge >= 0.3 is 0 Å². The number of rotatable bonds is 2. The van der Waals surface area contributed by atoms with Crippen molar-refractivity contribution in [2.24, 2.45) is 0 Å². The second kappa shape index (κ2) is 6.71. The number of hydrogen-bond donors (Lipinski definition) is 2. The largest absolute Gasteiger partial charge is 0.269 e. The van der Waals surface area contributed by atoms with Crippen LogP contribution >= 0.6 is 34.2 Å². The summed E-state index contributed by atoms with van der Waals surface area (Å²) in [4.78, 5) is 23.6. The number of hydrogen-bond acceptors (Lipinski definition) is 2. The van der Waals surface area contributed by atoms with Crippen LogP contribution in [-0.2, 0) is 0 Å². The molecule has 2 N–H and O–H groups in total. The molecule has 2 amide bonds. The lowest BCUT2D eigenvalue weighted by molar-refractivity contribution is 0.0846. The summed E-state index contributed by atoms with van der Waals surface area (Å²) in [6.07, 6.45) is 0. The highest BCUT2D eigenvalue weighted by Crippen LogP contribution is 2.09. The Bertz CT molecular complexity index is 569. The lowest BCUT2D eigenvalue weighted by Gasteiger charge is -2.07. The smallest absolute Gasteiger partial charge is 0.267 e. The summed E-state index contributed by atoms with van der Waals surface area (Å²) in [5.74, 6) is -0.774. The Balaban J connectivity index is 1.94. The van der Waals surface area contributed by atoms with Crippen LogP contribution in [0.25, 0.3) is 0 Å². The number of halogens is 2. The van der Waals surface area contributed by atoms with Gasteiger partial charge in [0.1, 0.15) is 0 Å². The molecule has 4 nitrogen and oxygen atoms in total. The number of amides is 2. The van der Waals surface area contributed by atoms with Crippen LogP contribution in [0.1, 0.15) is 20.7 Å². The Morgan fingerprint density at radius 2 is 1.20 bits per heavy atom. The third-order valence-electron chi connectivity index (χ3n) is 2.50. The van der Waals surface area contributed by atoms with Crippen LogP contribution in [0, 0.1) is 3.57 Å². The molecule has 20 heavy (non-hydrogen) atoms. The maximum atomic E-state index is 11.8. The van der Waals surface area contributed by atoms with Gasteiger partial charge in [-0.1, -0.05) is 11.6 Å². The van der Waals surface area contributed by atoms with Crippen molar-refractivity contribution in [3.63, 3.8) is 0 Å². The van der Waals surface area contributed by atoms with Crippen molar-refractivity contribution in [3.05, 3.63) is 68.3 Å². The van der Waals surface area contributed by atoms with Crippen molar-refractivity contribution in [3.8, 4) is 0 Å². The summed E-state index contributed by atoms with van der Waals surface area (Å²) in [5, 5.41) is 0.546. The van der Waals surface area contributed by atoms with Gasteiger partial charge in [0.05, 0.1) is 0 Å². The van der Waals surface area contributed by atoms with Crippen LogP contribution in [0.4, 0.5) is 0 Å². The van der Waals surface area contributed by atoms with E-state index in [-0.39, 0.29) is 5.91 Å². The SMILES string of the molecule is O=C(NNC(=O)c1ccc(I)cc1)c1ccc(Cl)cc1. The Morgan fingerprint density at radius 3 is 1.65 bits per heavy atom. The number of hydrazine groups is 1. The van der Waals surface area contributed by atoms with Crippen molar-refractivity contribution in [1.82, 2.24) is 10.9 Å². The fourth-order valence-corrected chi connectivity index (χ4v) is 1.95. The van der Waals surface area contributed by atoms with Gasteiger partial charge < -0.3 is 0 Å². The summed E-state index contributed by atoms with van der Waals surface area (Å²) < 4.78 is 1.03. The van der Waals surface area contributed by atoms with Gasteiger partial charge in [-0.2, -0.15) is 0 Å². The first-order valence-electron chi connectivity index (χ1n) is 5.68. The van der Waals surface area contributed by atoms with E-state index in [0.29, 0.717) is 16.1 Å². The van der Waals surface area contributed by atoms with Gasteiger partial charge in [0.15, 0.2) is 0 Å². The molecule has 2 aromatic rings. The van der Waals surface area contributed by atoms with Gasteiger partial charge in [-0.15, -0.1) is 0 Å². The summed E-state index contributed by atoms with van der Waals surface area (Å²) in [6.45, 7) is 0. The van der Waals surface area contributed by atoms with Crippen LogP contribution in [0.15, 0.2) is 48.5 Å². The van der Waals surface area contributed by atoms with Crippen molar-refractivity contribution in [2.45, 2.75) is 0 Å². The first-order chi connectivity index (χ1) is 9.56. The summed E-state index contributed by atoms with van der Waals surface area (Å²) in [5.41, 5.74) is 5.59. The molecule has 0 aromatic heterocycles. The summed E-state index contributed by atoms with van der Waals surface area (Å²) in [6, 6.07) is 13.4. The second-order valence-corrected chi connectivity index (χ2v) is 5.60. The first-order valence-corrected chi connectivity index (χ1v) is 7.14. The standard InChI is InChI=1S/C14H10ClIN2O2/c15-11-5-1-9(2-6-11)13(19)17-18-14(20)10-3-7-12(16)8-4-10/h1-8H,(H,17,19)(H,18,20). The molecule has 2 aromatic carbocycles. The highest BCUT2D eigenvalue weighted by atomic mass is 127. The van der Waals surface area contributed by atoms with Crippen molar-refractivity contribution in [1.29, 1.82) is 0 Å². The minimum atomic E-state index is -0.402. The lowest BCUT2D eigenvalue weighted by Crippen LogP contribution is -2.41. The average Bonchev–Trinajstić information content (AvgIpc) is 2.46. The molecule has 0 heterocycles. The van der Waals surface area contributed by atoms with E-state index in [4.69, 9.17) is 11.6 Å². The normalized spacial score (nSPS) is 9.90. The van der Waals surface area contributed by atoms with Crippen LogP contribution in [-0.4, -0.2) is 11.8 Å². The highest BCUT2D eigenvalue weighted by Gasteiger charge is 2.08. The predicted molar refractivity (Wildman–Crippen MR) is 85.5 cm³/mol. The molecule has 2 rings (SSSR count). The van der Waals surface area contributed by atoms with E-state index >= 15 is 0 Å². The van der Waals surface area contributed by atoms with Gasteiger partial charge in [0, 0.05) is 19.7 Å². The molecule has 0 saturated carbocycles. The molecule has 0 radical (unpaired) electrons. The minimum absolute atomic E-state index is 0.372. The zero-order chi connectivity index (χ0) is 14.5. The average molecular weight is 401 g/mol. The third-order valence-corrected chi connectivity index (χ3v) is 3.47. The van der Waals surface area contributed by atoms with E-state index < -0.39 is 5.91 Å². The first kappa shape index (κ1) is 14.8. The van der Waals surface area contributed by atoms with Crippen molar-refractivity contribution < 1.29 is 9.59 Å².